The highest BCUT2D eigenvalue weighted by atomic mass is 32.2. The molecule has 1 atom stereocenters. The summed E-state index contributed by atoms with van der Waals surface area (Å²) in [6.07, 6.45) is 1.88. The number of carbonyl (C=O) groups excluding carboxylic acids is 1. The van der Waals surface area contributed by atoms with E-state index in [0.717, 1.165) is 5.56 Å². The molecule has 0 radical (unpaired) electrons. The summed E-state index contributed by atoms with van der Waals surface area (Å²) in [6, 6.07) is 9.24. The molecule has 0 saturated carbocycles. The first-order chi connectivity index (χ1) is 9.66. The third-order valence-corrected chi connectivity index (χ3v) is 3.85. The number of aromatic amines is 1. The van der Waals surface area contributed by atoms with Gasteiger partial charge in [-0.2, -0.15) is 5.10 Å². The van der Waals surface area contributed by atoms with Gasteiger partial charge in [0, 0.05) is 5.75 Å². The van der Waals surface area contributed by atoms with Gasteiger partial charge in [0.1, 0.15) is 11.9 Å². The summed E-state index contributed by atoms with van der Waals surface area (Å²) < 4.78 is 4.85. The highest BCUT2D eigenvalue weighted by Gasteiger charge is 2.36. The Morgan fingerprint density at radius 3 is 2.80 bits per heavy atom. The van der Waals surface area contributed by atoms with E-state index in [1.165, 1.54) is 25.2 Å². The molecular formula is C13H16N4O2S. The molecule has 7 heteroatoms. The Labute approximate surface area is 121 Å². The molecule has 20 heavy (non-hydrogen) atoms. The van der Waals surface area contributed by atoms with Gasteiger partial charge >= 0.3 is 5.97 Å². The molecule has 1 unspecified atom stereocenters. The van der Waals surface area contributed by atoms with Gasteiger partial charge in [0.25, 0.3) is 0 Å². The van der Waals surface area contributed by atoms with Gasteiger partial charge in [-0.3, -0.25) is 5.10 Å². The lowest BCUT2D eigenvalue weighted by Crippen LogP contribution is -2.46. The third kappa shape index (κ3) is 3.17. The molecule has 106 valence electrons. The SMILES string of the molecule is COC(=O)C(N)(CCSc1ncn[nH]1)c1ccccc1. The van der Waals surface area contributed by atoms with Crippen LogP contribution in [-0.2, 0) is 15.1 Å². The van der Waals surface area contributed by atoms with Crippen molar-refractivity contribution in [2.24, 2.45) is 5.73 Å². The van der Waals surface area contributed by atoms with Gasteiger partial charge in [-0.05, 0) is 12.0 Å². The molecular weight excluding hydrogens is 276 g/mol. The normalized spacial score (nSPS) is 13.7. The van der Waals surface area contributed by atoms with Gasteiger partial charge in [0.05, 0.1) is 7.11 Å². The molecule has 2 rings (SSSR count). The van der Waals surface area contributed by atoms with Gasteiger partial charge in [0.2, 0.25) is 0 Å². The molecule has 0 amide bonds. The van der Waals surface area contributed by atoms with Crippen LogP contribution in [0.2, 0.25) is 0 Å². The predicted molar refractivity (Wildman–Crippen MR) is 76.0 cm³/mol. The van der Waals surface area contributed by atoms with Crippen molar-refractivity contribution >= 4 is 17.7 Å². The second kappa shape index (κ2) is 6.53. The lowest BCUT2D eigenvalue weighted by atomic mass is 9.88. The van der Waals surface area contributed by atoms with E-state index >= 15 is 0 Å². The van der Waals surface area contributed by atoms with Crippen molar-refractivity contribution in [1.82, 2.24) is 15.2 Å². The summed E-state index contributed by atoms with van der Waals surface area (Å²) in [7, 11) is 1.34. The van der Waals surface area contributed by atoms with E-state index in [-0.39, 0.29) is 0 Å². The van der Waals surface area contributed by atoms with Crippen molar-refractivity contribution in [3.05, 3.63) is 42.2 Å². The zero-order valence-electron chi connectivity index (χ0n) is 11.1. The number of nitrogens with zero attached hydrogens (tertiary/aromatic N) is 2. The first-order valence-electron chi connectivity index (χ1n) is 6.08. The zero-order valence-corrected chi connectivity index (χ0v) is 11.9. The molecule has 6 nitrogen and oxygen atoms in total. The van der Waals surface area contributed by atoms with Crippen LogP contribution in [0.15, 0.2) is 41.8 Å². The molecule has 0 bridgehead atoms. The maximum atomic E-state index is 12.0. The van der Waals surface area contributed by atoms with E-state index in [0.29, 0.717) is 17.3 Å². The first kappa shape index (κ1) is 14.5. The highest BCUT2D eigenvalue weighted by molar-refractivity contribution is 7.99. The van der Waals surface area contributed by atoms with Gasteiger partial charge in [-0.25, -0.2) is 9.78 Å². The van der Waals surface area contributed by atoms with Crippen LogP contribution in [0, 0.1) is 0 Å². The summed E-state index contributed by atoms with van der Waals surface area (Å²) in [5.41, 5.74) is 5.87. The van der Waals surface area contributed by atoms with Crippen molar-refractivity contribution in [2.75, 3.05) is 12.9 Å². The van der Waals surface area contributed by atoms with Crippen LogP contribution < -0.4 is 5.73 Å². The lowest BCUT2D eigenvalue weighted by molar-refractivity contribution is -0.147. The van der Waals surface area contributed by atoms with Crippen LogP contribution in [0.5, 0.6) is 0 Å². The van der Waals surface area contributed by atoms with E-state index in [9.17, 15) is 4.79 Å². The van der Waals surface area contributed by atoms with Crippen LogP contribution >= 0.6 is 11.8 Å². The van der Waals surface area contributed by atoms with Crippen LogP contribution in [0.3, 0.4) is 0 Å². The molecule has 0 aliphatic carbocycles. The summed E-state index contributed by atoms with van der Waals surface area (Å²) in [4.78, 5) is 16.0. The maximum Gasteiger partial charge on any atom is 0.330 e. The number of hydrogen-bond acceptors (Lipinski definition) is 6. The summed E-state index contributed by atoms with van der Waals surface area (Å²) >= 11 is 1.46. The largest absolute Gasteiger partial charge is 0.467 e. The number of nitrogens with one attached hydrogen (secondary N) is 1. The Hall–Kier alpha value is -1.86. The minimum Gasteiger partial charge on any atom is -0.467 e. The number of H-pyrrole nitrogens is 1. The second-order valence-corrected chi connectivity index (χ2v) is 5.30. The van der Waals surface area contributed by atoms with Crippen LogP contribution in [0.1, 0.15) is 12.0 Å². The second-order valence-electron chi connectivity index (χ2n) is 4.22. The van der Waals surface area contributed by atoms with E-state index in [4.69, 9.17) is 10.5 Å². The number of nitrogens with two attached hydrogens (primary N) is 1. The number of aromatic nitrogens is 3. The molecule has 0 aliphatic heterocycles. The van der Waals surface area contributed by atoms with Crippen molar-refractivity contribution in [3.63, 3.8) is 0 Å². The number of methoxy groups -OCH3 is 1. The van der Waals surface area contributed by atoms with Crippen molar-refractivity contribution in [1.29, 1.82) is 0 Å². The monoisotopic (exact) mass is 292 g/mol. The lowest BCUT2D eigenvalue weighted by Gasteiger charge is -2.26. The molecule has 2 aromatic rings. The van der Waals surface area contributed by atoms with Gasteiger partial charge < -0.3 is 10.5 Å². The Kier molecular flexibility index (Phi) is 4.75. The minimum atomic E-state index is -1.15. The van der Waals surface area contributed by atoms with E-state index in [1.54, 1.807) is 0 Å². The van der Waals surface area contributed by atoms with E-state index < -0.39 is 11.5 Å². The molecule has 0 spiro atoms. The quantitative estimate of drug-likeness (QED) is 0.616. The molecule has 1 aromatic heterocycles. The average Bonchev–Trinajstić information content (AvgIpc) is 3.00. The highest BCUT2D eigenvalue weighted by Crippen LogP contribution is 2.27. The Morgan fingerprint density at radius 2 is 2.20 bits per heavy atom. The van der Waals surface area contributed by atoms with Gasteiger partial charge in [0.15, 0.2) is 5.16 Å². The molecule has 3 N–H and O–H groups in total. The molecule has 0 saturated heterocycles. The van der Waals surface area contributed by atoms with Crippen LogP contribution in [-0.4, -0.2) is 34.0 Å². The number of thioether (sulfide) groups is 1. The Balaban J connectivity index is 2.09. The first-order valence-corrected chi connectivity index (χ1v) is 7.06. The van der Waals surface area contributed by atoms with E-state index in [2.05, 4.69) is 15.2 Å². The molecule has 0 aliphatic rings. The zero-order chi connectivity index (χ0) is 14.4. The molecule has 1 heterocycles. The topological polar surface area (TPSA) is 93.9 Å². The number of carbonyl (C=O) groups is 1. The van der Waals surface area contributed by atoms with Crippen molar-refractivity contribution in [3.8, 4) is 0 Å². The fourth-order valence-corrected chi connectivity index (χ4v) is 2.71. The maximum absolute atomic E-state index is 12.0. The summed E-state index contributed by atoms with van der Waals surface area (Å²) in [6.45, 7) is 0. The summed E-state index contributed by atoms with van der Waals surface area (Å²) in [5.74, 6) is 0.178. The number of esters is 1. The van der Waals surface area contributed by atoms with Crippen LogP contribution in [0.25, 0.3) is 0 Å². The molecule has 1 aromatic carbocycles. The van der Waals surface area contributed by atoms with Gasteiger partial charge in [-0.1, -0.05) is 42.1 Å². The smallest absolute Gasteiger partial charge is 0.330 e. The fraction of sp³-hybridized carbons (Fsp3) is 0.308. The fourth-order valence-electron chi connectivity index (χ4n) is 1.85. The Morgan fingerprint density at radius 1 is 1.45 bits per heavy atom. The number of ether oxygens (including phenoxy) is 1. The standard InChI is InChI=1S/C13H16N4O2S/c1-19-11(18)13(14,10-5-3-2-4-6-10)7-8-20-12-15-9-16-17-12/h2-6,9H,7-8,14H2,1H3,(H,15,16,17). The van der Waals surface area contributed by atoms with E-state index in [1.807, 2.05) is 30.3 Å². The number of rotatable bonds is 6. The number of hydrogen-bond donors (Lipinski definition) is 2. The van der Waals surface area contributed by atoms with Crippen molar-refractivity contribution in [2.45, 2.75) is 17.1 Å². The van der Waals surface area contributed by atoms with Gasteiger partial charge in [-0.15, -0.1) is 0 Å². The minimum absolute atomic E-state index is 0.440. The predicted octanol–water partition coefficient (Wildman–Crippen LogP) is 1.31. The summed E-state index contributed by atoms with van der Waals surface area (Å²) in [5, 5.41) is 7.22. The number of benzene rings is 1. The average molecular weight is 292 g/mol. The van der Waals surface area contributed by atoms with Crippen molar-refractivity contribution < 1.29 is 9.53 Å². The Bertz CT molecular complexity index is 547. The molecule has 0 fully saturated rings. The third-order valence-electron chi connectivity index (χ3n) is 2.97. The van der Waals surface area contributed by atoms with Crippen LogP contribution in [0.4, 0.5) is 0 Å².